The zero-order valence-corrected chi connectivity index (χ0v) is 12.4. The van der Waals surface area contributed by atoms with E-state index in [0.29, 0.717) is 32.4 Å². The summed E-state index contributed by atoms with van der Waals surface area (Å²) >= 11 is 0. The van der Waals surface area contributed by atoms with Gasteiger partial charge in [-0.05, 0) is 25.7 Å². The standard InChI is InChI=1S/C14H28N2O3/c1-4-14(19,5-2)11-16-13(18)9-7-6-8-10-15-12(3)17/h19H,4-11H2,1-3H3,(H,15,17)(H,16,18). The Morgan fingerprint density at radius 3 is 2.21 bits per heavy atom. The molecule has 0 aliphatic carbocycles. The lowest BCUT2D eigenvalue weighted by molar-refractivity contribution is -0.122. The minimum absolute atomic E-state index is 0.0140. The van der Waals surface area contributed by atoms with E-state index in [4.69, 9.17) is 0 Å². The van der Waals surface area contributed by atoms with Gasteiger partial charge in [-0.15, -0.1) is 0 Å². The molecule has 0 radical (unpaired) electrons. The number of nitrogens with one attached hydrogen (secondary N) is 2. The number of carbonyl (C=O) groups is 2. The second kappa shape index (κ2) is 9.78. The van der Waals surface area contributed by atoms with E-state index in [1.165, 1.54) is 6.92 Å². The first-order valence-corrected chi connectivity index (χ1v) is 7.17. The van der Waals surface area contributed by atoms with E-state index >= 15 is 0 Å². The van der Waals surface area contributed by atoms with Gasteiger partial charge in [-0.1, -0.05) is 20.3 Å². The summed E-state index contributed by atoms with van der Waals surface area (Å²) in [5.74, 6) is -0.0315. The van der Waals surface area contributed by atoms with Gasteiger partial charge in [-0.2, -0.15) is 0 Å². The normalized spacial score (nSPS) is 11.2. The van der Waals surface area contributed by atoms with Crippen molar-refractivity contribution in [2.45, 2.75) is 64.9 Å². The smallest absolute Gasteiger partial charge is 0.220 e. The van der Waals surface area contributed by atoms with Crippen LogP contribution >= 0.6 is 0 Å². The van der Waals surface area contributed by atoms with E-state index in [0.717, 1.165) is 19.3 Å². The van der Waals surface area contributed by atoms with Gasteiger partial charge < -0.3 is 15.7 Å². The lowest BCUT2D eigenvalue weighted by atomic mass is 9.97. The summed E-state index contributed by atoms with van der Waals surface area (Å²) in [5, 5.41) is 15.5. The average Bonchev–Trinajstić information content (AvgIpc) is 2.39. The van der Waals surface area contributed by atoms with Crippen LogP contribution in [-0.2, 0) is 9.59 Å². The molecule has 0 spiro atoms. The van der Waals surface area contributed by atoms with Crippen molar-refractivity contribution >= 4 is 11.8 Å². The number of carbonyl (C=O) groups excluding carboxylic acids is 2. The first kappa shape index (κ1) is 17.9. The Balaban J connectivity index is 3.57. The molecule has 0 rings (SSSR count). The predicted octanol–water partition coefficient (Wildman–Crippen LogP) is 1.35. The van der Waals surface area contributed by atoms with Gasteiger partial charge in [0.05, 0.1) is 5.60 Å². The first-order valence-electron chi connectivity index (χ1n) is 7.17. The van der Waals surface area contributed by atoms with Crippen LogP contribution < -0.4 is 10.6 Å². The molecule has 0 bridgehead atoms. The zero-order chi connectivity index (χ0) is 14.7. The van der Waals surface area contributed by atoms with Crippen LogP contribution in [0.3, 0.4) is 0 Å². The van der Waals surface area contributed by atoms with Crippen LogP contribution in [0.25, 0.3) is 0 Å². The van der Waals surface area contributed by atoms with Crippen LogP contribution in [0.15, 0.2) is 0 Å². The molecule has 0 saturated carbocycles. The van der Waals surface area contributed by atoms with Gasteiger partial charge in [0.2, 0.25) is 11.8 Å². The minimum Gasteiger partial charge on any atom is -0.388 e. The number of hydrogen-bond donors (Lipinski definition) is 3. The third-order valence-corrected chi connectivity index (χ3v) is 3.39. The summed E-state index contributed by atoms with van der Waals surface area (Å²) in [7, 11) is 0. The third-order valence-electron chi connectivity index (χ3n) is 3.39. The summed E-state index contributed by atoms with van der Waals surface area (Å²) in [6.45, 7) is 6.32. The van der Waals surface area contributed by atoms with Crippen molar-refractivity contribution in [3.05, 3.63) is 0 Å². The van der Waals surface area contributed by atoms with Gasteiger partial charge in [-0.25, -0.2) is 0 Å². The Labute approximate surface area is 116 Å². The van der Waals surface area contributed by atoms with E-state index in [9.17, 15) is 14.7 Å². The van der Waals surface area contributed by atoms with E-state index < -0.39 is 5.60 Å². The maximum absolute atomic E-state index is 11.6. The molecule has 0 fully saturated rings. The molecule has 2 amide bonds. The Kier molecular flexibility index (Phi) is 9.21. The van der Waals surface area contributed by atoms with Gasteiger partial charge in [0.25, 0.3) is 0 Å². The zero-order valence-electron chi connectivity index (χ0n) is 12.4. The lowest BCUT2D eigenvalue weighted by Gasteiger charge is -2.25. The topological polar surface area (TPSA) is 78.4 Å². The van der Waals surface area contributed by atoms with Crippen molar-refractivity contribution in [3.63, 3.8) is 0 Å². The number of amides is 2. The highest BCUT2D eigenvalue weighted by Gasteiger charge is 2.22. The highest BCUT2D eigenvalue weighted by molar-refractivity contribution is 5.75. The summed E-state index contributed by atoms with van der Waals surface area (Å²) in [6.07, 6.45) is 4.37. The highest BCUT2D eigenvalue weighted by atomic mass is 16.3. The van der Waals surface area contributed by atoms with E-state index in [1.807, 2.05) is 13.8 Å². The monoisotopic (exact) mass is 272 g/mol. The molecule has 5 heteroatoms. The molecule has 0 aromatic rings. The van der Waals surface area contributed by atoms with Crippen molar-refractivity contribution in [3.8, 4) is 0 Å². The lowest BCUT2D eigenvalue weighted by Crippen LogP contribution is -2.41. The molecule has 112 valence electrons. The molecule has 5 nitrogen and oxygen atoms in total. The SMILES string of the molecule is CCC(O)(CC)CNC(=O)CCCCCNC(C)=O. The molecule has 0 heterocycles. The Bertz CT molecular complexity index is 276. The number of rotatable bonds is 10. The molecule has 19 heavy (non-hydrogen) atoms. The molecule has 0 aromatic carbocycles. The van der Waals surface area contributed by atoms with Crippen molar-refractivity contribution in [1.29, 1.82) is 0 Å². The molecule has 0 unspecified atom stereocenters. The van der Waals surface area contributed by atoms with Crippen molar-refractivity contribution in [2.75, 3.05) is 13.1 Å². The molecular formula is C14H28N2O3. The van der Waals surface area contributed by atoms with Crippen molar-refractivity contribution < 1.29 is 14.7 Å². The third kappa shape index (κ3) is 9.47. The molecule has 0 aromatic heterocycles. The fraction of sp³-hybridized carbons (Fsp3) is 0.857. The van der Waals surface area contributed by atoms with Crippen LogP contribution in [0.1, 0.15) is 59.3 Å². The molecule has 3 N–H and O–H groups in total. The van der Waals surface area contributed by atoms with E-state index in [1.54, 1.807) is 0 Å². The fourth-order valence-electron chi connectivity index (χ4n) is 1.70. The quantitative estimate of drug-likeness (QED) is 0.525. The van der Waals surface area contributed by atoms with E-state index in [2.05, 4.69) is 10.6 Å². The highest BCUT2D eigenvalue weighted by Crippen LogP contribution is 2.12. The maximum atomic E-state index is 11.6. The van der Waals surface area contributed by atoms with Gasteiger partial charge in [0.1, 0.15) is 0 Å². The Hall–Kier alpha value is -1.10. The van der Waals surface area contributed by atoms with Crippen LogP contribution in [0, 0.1) is 0 Å². The van der Waals surface area contributed by atoms with Gasteiger partial charge >= 0.3 is 0 Å². The molecule has 0 aliphatic heterocycles. The van der Waals surface area contributed by atoms with Gasteiger partial charge in [0, 0.05) is 26.4 Å². The second-order valence-corrected chi connectivity index (χ2v) is 5.00. The number of aliphatic hydroxyl groups is 1. The molecule has 0 saturated heterocycles. The molecular weight excluding hydrogens is 244 g/mol. The van der Waals surface area contributed by atoms with Crippen LogP contribution in [0.2, 0.25) is 0 Å². The second-order valence-electron chi connectivity index (χ2n) is 5.00. The van der Waals surface area contributed by atoms with Crippen molar-refractivity contribution in [2.24, 2.45) is 0 Å². The fourth-order valence-corrected chi connectivity index (χ4v) is 1.70. The van der Waals surface area contributed by atoms with Crippen LogP contribution in [0.4, 0.5) is 0 Å². The molecule has 0 atom stereocenters. The van der Waals surface area contributed by atoms with Crippen LogP contribution in [-0.4, -0.2) is 35.6 Å². The number of unbranched alkanes of at least 4 members (excludes halogenated alkanes) is 2. The summed E-state index contributed by atoms with van der Waals surface area (Å²) in [4.78, 5) is 22.2. The number of hydrogen-bond acceptors (Lipinski definition) is 3. The van der Waals surface area contributed by atoms with E-state index in [-0.39, 0.29) is 11.8 Å². The minimum atomic E-state index is -0.777. The maximum Gasteiger partial charge on any atom is 0.220 e. The Morgan fingerprint density at radius 2 is 1.68 bits per heavy atom. The van der Waals surface area contributed by atoms with Gasteiger partial charge in [0.15, 0.2) is 0 Å². The summed E-state index contributed by atoms with van der Waals surface area (Å²) in [6, 6.07) is 0. The van der Waals surface area contributed by atoms with Crippen molar-refractivity contribution in [1.82, 2.24) is 10.6 Å². The van der Waals surface area contributed by atoms with Crippen LogP contribution in [0.5, 0.6) is 0 Å². The Morgan fingerprint density at radius 1 is 1.05 bits per heavy atom. The summed E-state index contributed by atoms with van der Waals surface area (Å²) < 4.78 is 0. The average molecular weight is 272 g/mol. The first-order chi connectivity index (χ1) is 8.93. The largest absolute Gasteiger partial charge is 0.388 e. The molecule has 0 aliphatic rings. The van der Waals surface area contributed by atoms with Gasteiger partial charge in [-0.3, -0.25) is 9.59 Å². The summed E-state index contributed by atoms with van der Waals surface area (Å²) in [5.41, 5.74) is -0.777. The predicted molar refractivity (Wildman–Crippen MR) is 75.7 cm³/mol.